The zero-order valence-corrected chi connectivity index (χ0v) is 14.0. The fraction of sp³-hybridized carbons (Fsp3) is 0.688. The van der Waals surface area contributed by atoms with Gasteiger partial charge in [0.1, 0.15) is 5.82 Å². The Balaban J connectivity index is 1.63. The first-order chi connectivity index (χ1) is 10.8. The van der Waals surface area contributed by atoms with Crippen LogP contribution in [-0.4, -0.2) is 43.4 Å². The van der Waals surface area contributed by atoms with Crippen molar-refractivity contribution < 1.29 is 0 Å². The highest BCUT2D eigenvalue weighted by atomic mass is 32.2. The number of hydrogen-bond acceptors (Lipinski definition) is 5. The average molecular weight is 317 g/mol. The molecule has 22 heavy (non-hydrogen) atoms. The smallest absolute Gasteiger partial charge is 0.178 e. The lowest BCUT2D eigenvalue weighted by Gasteiger charge is -2.45. The van der Waals surface area contributed by atoms with Gasteiger partial charge in [0, 0.05) is 30.0 Å². The van der Waals surface area contributed by atoms with E-state index >= 15 is 0 Å². The molecule has 118 valence electrons. The van der Waals surface area contributed by atoms with Crippen LogP contribution in [0.25, 0.3) is 5.65 Å². The summed E-state index contributed by atoms with van der Waals surface area (Å²) < 4.78 is 2.37. The van der Waals surface area contributed by atoms with Crippen molar-refractivity contribution >= 4 is 23.2 Å². The van der Waals surface area contributed by atoms with Gasteiger partial charge in [-0.25, -0.2) is 0 Å². The maximum Gasteiger partial charge on any atom is 0.178 e. The third-order valence-corrected chi connectivity index (χ3v) is 6.50. The van der Waals surface area contributed by atoms with Crippen molar-refractivity contribution in [1.29, 1.82) is 0 Å². The monoisotopic (exact) mass is 317 g/mol. The molecule has 0 amide bonds. The van der Waals surface area contributed by atoms with Crippen molar-refractivity contribution in [2.24, 2.45) is 0 Å². The molecule has 2 fully saturated rings. The van der Waals surface area contributed by atoms with E-state index in [-0.39, 0.29) is 0 Å². The Labute approximate surface area is 135 Å². The van der Waals surface area contributed by atoms with Crippen LogP contribution in [0.2, 0.25) is 0 Å². The first-order valence-electron chi connectivity index (χ1n) is 8.40. The fourth-order valence-electron chi connectivity index (χ4n) is 3.75. The summed E-state index contributed by atoms with van der Waals surface area (Å²) in [6.45, 7) is 4.33. The van der Waals surface area contributed by atoms with E-state index in [4.69, 9.17) is 5.10 Å². The molecule has 6 heteroatoms. The van der Waals surface area contributed by atoms with Gasteiger partial charge in [0.15, 0.2) is 11.5 Å². The predicted octanol–water partition coefficient (Wildman–Crippen LogP) is 2.94. The Bertz CT molecular complexity index is 656. The lowest BCUT2D eigenvalue weighted by atomic mass is 9.87. The van der Waals surface area contributed by atoms with Crippen LogP contribution in [0.3, 0.4) is 0 Å². The molecular formula is C16H23N5S. The molecule has 2 aromatic heterocycles. The minimum absolute atomic E-state index is 0.466. The lowest BCUT2D eigenvalue weighted by Crippen LogP contribution is -2.48. The van der Waals surface area contributed by atoms with Crippen molar-refractivity contribution in [3.05, 3.63) is 18.0 Å². The minimum Gasteiger partial charge on any atom is -0.353 e. The number of rotatable bonds is 2. The minimum atomic E-state index is 0.466. The highest BCUT2D eigenvalue weighted by Crippen LogP contribution is 2.43. The highest BCUT2D eigenvalue weighted by molar-refractivity contribution is 8.00. The van der Waals surface area contributed by atoms with Gasteiger partial charge in [-0.3, -0.25) is 0 Å². The van der Waals surface area contributed by atoms with Gasteiger partial charge in [0.05, 0.1) is 0 Å². The molecular weight excluding hydrogens is 294 g/mol. The Morgan fingerprint density at radius 3 is 2.86 bits per heavy atom. The van der Waals surface area contributed by atoms with E-state index < -0.39 is 0 Å². The molecule has 0 N–H and O–H groups in total. The maximum absolute atomic E-state index is 4.82. The Morgan fingerprint density at radius 2 is 2.05 bits per heavy atom. The fourth-order valence-corrected chi connectivity index (χ4v) is 5.32. The second-order valence-electron chi connectivity index (χ2n) is 6.45. The van der Waals surface area contributed by atoms with Gasteiger partial charge in [-0.05, 0) is 25.0 Å². The van der Waals surface area contributed by atoms with Crippen LogP contribution in [-0.2, 0) is 6.42 Å². The van der Waals surface area contributed by atoms with Crippen LogP contribution in [0.15, 0.2) is 12.1 Å². The van der Waals surface area contributed by atoms with Crippen molar-refractivity contribution in [1.82, 2.24) is 19.8 Å². The first kappa shape index (κ1) is 14.3. The molecule has 2 aliphatic rings. The van der Waals surface area contributed by atoms with Crippen molar-refractivity contribution in [2.45, 2.75) is 50.2 Å². The number of thioether (sulfide) groups is 1. The topological polar surface area (TPSA) is 46.3 Å². The summed E-state index contributed by atoms with van der Waals surface area (Å²) in [5, 5.41) is 13.2. The quantitative estimate of drug-likeness (QED) is 0.852. The summed E-state index contributed by atoms with van der Waals surface area (Å²) in [4.78, 5) is 2.47. The van der Waals surface area contributed by atoms with E-state index in [0.29, 0.717) is 4.75 Å². The van der Waals surface area contributed by atoms with Crippen LogP contribution in [0.1, 0.15) is 44.9 Å². The van der Waals surface area contributed by atoms with Crippen LogP contribution in [0.5, 0.6) is 0 Å². The second kappa shape index (κ2) is 5.72. The maximum atomic E-state index is 4.82. The molecule has 1 aliphatic heterocycles. The van der Waals surface area contributed by atoms with Crippen LogP contribution < -0.4 is 4.90 Å². The molecule has 4 rings (SSSR count). The zero-order chi connectivity index (χ0) is 15.0. The van der Waals surface area contributed by atoms with Gasteiger partial charge in [0.25, 0.3) is 0 Å². The molecule has 1 aliphatic carbocycles. The van der Waals surface area contributed by atoms with Crippen molar-refractivity contribution in [2.75, 3.05) is 23.7 Å². The summed E-state index contributed by atoms with van der Waals surface area (Å²) in [6.07, 6.45) is 7.77. The number of aromatic nitrogens is 4. The molecule has 0 aromatic carbocycles. The molecule has 1 saturated carbocycles. The molecule has 1 spiro atoms. The zero-order valence-electron chi connectivity index (χ0n) is 13.2. The van der Waals surface area contributed by atoms with Crippen molar-refractivity contribution in [3.63, 3.8) is 0 Å². The predicted molar refractivity (Wildman–Crippen MR) is 90.6 cm³/mol. The summed E-state index contributed by atoms with van der Waals surface area (Å²) in [5.74, 6) is 3.23. The van der Waals surface area contributed by atoms with E-state index in [9.17, 15) is 0 Å². The standard InChI is InChI=1S/C16H23N5S/c1-2-13-17-18-14-6-7-15(19-21(13)14)20-10-11-22-16(12-20)8-4-3-5-9-16/h6-7H,2-5,8-12H2,1H3. The first-order valence-corrected chi connectivity index (χ1v) is 9.38. The summed E-state index contributed by atoms with van der Waals surface area (Å²) >= 11 is 2.20. The summed E-state index contributed by atoms with van der Waals surface area (Å²) in [6, 6.07) is 4.15. The van der Waals surface area contributed by atoms with E-state index in [0.717, 1.165) is 36.8 Å². The summed E-state index contributed by atoms with van der Waals surface area (Å²) in [5.41, 5.74) is 0.847. The number of anilines is 1. The van der Waals surface area contributed by atoms with Gasteiger partial charge in [-0.15, -0.1) is 15.3 Å². The van der Waals surface area contributed by atoms with E-state index in [2.05, 4.69) is 39.8 Å². The molecule has 2 aromatic rings. The highest BCUT2D eigenvalue weighted by Gasteiger charge is 2.37. The number of aryl methyl sites for hydroxylation is 1. The van der Waals surface area contributed by atoms with E-state index in [1.54, 1.807) is 0 Å². The molecule has 3 heterocycles. The molecule has 0 radical (unpaired) electrons. The van der Waals surface area contributed by atoms with Crippen LogP contribution in [0, 0.1) is 0 Å². The van der Waals surface area contributed by atoms with Gasteiger partial charge in [-0.1, -0.05) is 26.2 Å². The lowest BCUT2D eigenvalue weighted by molar-refractivity contribution is 0.390. The van der Waals surface area contributed by atoms with Crippen LogP contribution >= 0.6 is 11.8 Å². The van der Waals surface area contributed by atoms with Crippen LogP contribution in [0.4, 0.5) is 5.82 Å². The Morgan fingerprint density at radius 1 is 1.18 bits per heavy atom. The van der Waals surface area contributed by atoms with Gasteiger partial charge in [0.2, 0.25) is 0 Å². The Hall–Kier alpha value is -1.30. The third kappa shape index (κ3) is 2.47. The molecule has 0 atom stereocenters. The Kier molecular flexibility index (Phi) is 3.72. The second-order valence-corrected chi connectivity index (χ2v) is 8.01. The number of nitrogens with zero attached hydrogens (tertiary/aromatic N) is 5. The number of hydrogen-bond donors (Lipinski definition) is 0. The number of fused-ring (bicyclic) bond motifs is 1. The largest absolute Gasteiger partial charge is 0.353 e. The SMILES string of the molecule is CCc1nnc2ccc(N3CCSC4(CCCCC4)C3)nn12. The van der Waals surface area contributed by atoms with Gasteiger partial charge >= 0.3 is 0 Å². The van der Waals surface area contributed by atoms with Gasteiger partial charge < -0.3 is 4.90 Å². The van der Waals surface area contributed by atoms with E-state index in [1.165, 1.54) is 37.9 Å². The molecule has 0 unspecified atom stereocenters. The van der Waals surface area contributed by atoms with E-state index in [1.807, 2.05) is 10.6 Å². The van der Waals surface area contributed by atoms with Gasteiger partial charge in [-0.2, -0.15) is 16.3 Å². The third-order valence-electron chi connectivity index (χ3n) is 4.97. The molecule has 5 nitrogen and oxygen atoms in total. The normalized spacial score (nSPS) is 21.6. The average Bonchev–Trinajstić information content (AvgIpc) is 2.98. The molecule has 1 saturated heterocycles. The molecule has 0 bridgehead atoms. The van der Waals surface area contributed by atoms with Crippen molar-refractivity contribution in [3.8, 4) is 0 Å². The summed E-state index contributed by atoms with van der Waals surface area (Å²) in [7, 11) is 0.